The molecule has 3 aromatic rings. The highest BCUT2D eigenvalue weighted by atomic mass is 32.1. The van der Waals surface area contributed by atoms with Crippen LogP contribution in [0.1, 0.15) is 12.5 Å². The van der Waals surface area contributed by atoms with Gasteiger partial charge in [-0.25, -0.2) is 4.98 Å². The number of rotatable bonds is 5. The van der Waals surface area contributed by atoms with Crippen molar-refractivity contribution in [1.29, 1.82) is 5.26 Å². The number of carbonyl (C=O) groups is 1. The number of carbonyl (C=O) groups excluding carboxylic acids is 1. The van der Waals surface area contributed by atoms with Gasteiger partial charge in [-0.15, -0.1) is 0 Å². The third-order valence-electron chi connectivity index (χ3n) is 3.37. The van der Waals surface area contributed by atoms with E-state index in [0.29, 0.717) is 11.7 Å². The number of hydrogen-bond donors (Lipinski definition) is 1. The van der Waals surface area contributed by atoms with Gasteiger partial charge >= 0.3 is 0 Å². The molecule has 0 saturated carbocycles. The van der Waals surface area contributed by atoms with Crippen molar-refractivity contribution in [2.45, 2.75) is 6.92 Å². The number of benzene rings is 2. The molecule has 0 bridgehead atoms. The van der Waals surface area contributed by atoms with E-state index in [-0.39, 0.29) is 5.57 Å². The molecule has 2 aromatic carbocycles. The van der Waals surface area contributed by atoms with Crippen molar-refractivity contribution in [2.75, 3.05) is 11.9 Å². The maximum atomic E-state index is 12.3. The van der Waals surface area contributed by atoms with Gasteiger partial charge in [0, 0.05) is 0 Å². The minimum atomic E-state index is -0.476. The maximum Gasteiger partial charge on any atom is 0.268 e. The van der Waals surface area contributed by atoms with Gasteiger partial charge in [-0.3, -0.25) is 10.1 Å². The fourth-order valence-electron chi connectivity index (χ4n) is 2.24. The van der Waals surface area contributed by atoms with E-state index in [1.807, 2.05) is 61.5 Å². The summed E-state index contributed by atoms with van der Waals surface area (Å²) in [7, 11) is 0. The number of amides is 1. The Hall–Kier alpha value is -3.17. The van der Waals surface area contributed by atoms with Gasteiger partial charge in [-0.1, -0.05) is 41.7 Å². The van der Waals surface area contributed by atoms with Gasteiger partial charge in [-0.2, -0.15) is 5.26 Å². The van der Waals surface area contributed by atoms with Crippen molar-refractivity contribution >= 4 is 38.7 Å². The average molecular weight is 349 g/mol. The topological polar surface area (TPSA) is 75.0 Å². The van der Waals surface area contributed by atoms with Crippen molar-refractivity contribution in [2.24, 2.45) is 0 Å². The lowest BCUT2D eigenvalue weighted by Gasteiger charge is -2.00. The highest BCUT2D eigenvalue weighted by Crippen LogP contribution is 2.29. The summed E-state index contributed by atoms with van der Waals surface area (Å²) in [5.74, 6) is 0.286. The van der Waals surface area contributed by atoms with Crippen molar-refractivity contribution in [3.05, 3.63) is 59.7 Å². The SMILES string of the molecule is CCOc1ccc2nc(NC(=O)/C(C#N)=C/c3ccccc3)sc2c1. The van der Waals surface area contributed by atoms with Gasteiger partial charge in [0.15, 0.2) is 5.13 Å². The lowest BCUT2D eigenvalue weighted by atomic mass is 10.1. The van der Waals surface area contributed by atoms with E-state index >= 15 is 0 Å². The molecule has 0 fully saturated rings. The summed E-state index contributed by atoms with van der Waals surface area (Å²) >= 11 is 1.34. The highest BCUT2D eigenvalue weighted by molar-refractivity contribution is 7.22. The zero-order valence-corrected chi connectivity index (χ0v) is 14.3. The summed E-state index contributed by atoms with van der Waals surface area (Å²) in [4.78, 5) is 16.7. The Labute approximate surface area is 149 Å². The van der Waals surface area contributed by atoms with Crippen LogP contribution in [0.5, 0.6) is 5.75 Å². The molecule has 1 amide bonds. The number of anilines is 1. The number of hydrogen-bond acceptors (Lipinski definition) is 5. The van der Waals surface area contributed by atoms with Crippen LogP contribution >= 0.6 is 11.3 Å². The fraction of sp³-hybridized carbons (Fsp3) is 0.105. The number of nitrogens with one attached hydrogen (secondary N) is 1. The third-order valence-corrected chi connectivity index (χ3v) is 4.30. The molecular formula is C19H15N3O2S. The molecular weight excluding hydrogens is 334 g/mol. The van der Waals surface area contributed by atoms with Crippen LogP contribution in [0.15, 0.2) is 54.1 Å². The summed E-state index contributed by atoms with van der Waals surface area (Å²) < 4.78 is 6.37. The van der Waals surface area contributed by atoms with Gasteiger partial charge in [0.25, 0.3) is 5.91 Å². The molecule has 6 heteroatoms. The standard InChI is InChI=1S/C19H15N3O2S/c1-2-24-15-8-9-16-17(11-15)25-19(21-16)22-18(23)14(12-20)10-13-6-4-3-5-7-13/h3-11H,2H2,1H3,(H,21,22,23)/b14-10+. The number of ether oxygens (including phenoxy) is 1. The molecule has 0 spiro atoms. The van der Waals surface area contributed by atoms with E-state index in [1.165, 1.54) is 11.3 Å². The minimum absolute atomic E-state index is 0.0282. The normalized spacial score (nSPS) is 11.1. The van der Waals surface area contributed by atoms with Crippen LogP contribution in [0.4, 0.5) is 5.13 Å². The number of thiazole rings is 1. The van der Waals surface area contributed by atoms with Crippen LogP contribution in [0.2, 0.25) is 0 Å². The number of fused-ring (bicyclic) bond motifs is 1. The second kappa shape index (κ2) is 7.60. The molecule has 25 heavy (non-hydrogen) atoms. The van der Waals surface area contributed by atoms with Crippen LogP contribution in [0, 0.1) is 11.3 Å². The van der Waals surface area contributed by atoms with E-state index < -0.39 is 5.91 Å². The van der Waals surface area contributed by atoms with E-state index in [1.54, 1.807) is 6.08 Å². The van der Waals surface area contributed by atoms with Crippen LogP contribution in [0.25, 0.3) is 16.3 Å². The summed E-state index contributed by atoms with van der Waals surface area (Å²) in [5, 5.41) is 12.4. The largest absolute Gasteiger partial charge is 0.494 e. The first-order valence-electron chi connectivity index (χ1n) is 7.71. The second-order valence-corrected chi connectivity index (χ2v) is 6.15. The molecule has 1 N–H and O–H groups in total. The summed E-state index contributed by atoms with van der Waals surface area (Å²) in [6, 6.07) is 16.7. The summed E-state index contributed by atoms with van der Waals surface area (Å²) in [6.45, 7) is 2.51. The second-order valence-electron chi connectivity index (χ2n) is 5.12. The molecule has 1 aromatic heterocycles. The van der Waals surface area contributed by atoms with Crippen LogP contribution in [0.3, 0.4) is 0 Å². The molecule has 0 saturated heterocycles. The minimum Gasteiger partial charge on any atom is -0.494 e. The van der Waals surface area contributed by atoms with Crippen molar-refractivity contribution < 1.29 is 9.53 Å². The van der Waals surface area contributed by atoms with Crippen LogP contribution in [-0.4, -0.2) is 17.5 Å². The lowest BCUT2D eigenvalue weighted by molar-refractivity contribution is -0.112. The first kappa shape index (κ1) is 16.7. The zero-order valence-electron chi connectivity index (χ0n) is 13.5. The lowest BCUT2D eigenvalue weighted by Crippen LogP contribution is -2.13. The fourth-order valence-corrected chi connectivity index (χ4v) is 3.13. The molecule has 5 nitrogen and oxygen atoms in total. The van der Waals surface area contributed by atoms with Crippen LogP contribution < -0.4 is 10.1 Å². The molecule has 124 valence electrons. The van der Waals surface area contributed by atoms with Crippen molar-refractivity contribution in [3.8, 4) is 11.8 Å². The van der Waals surface area contributed by atoms with Crippen molar-refractivity contribution in [3.63, 3.8) is 0 Å². The van der Waals surface area contributed by atoms with E-state index in [0.717, 1.165) is 21.5 Å². The molecule has 1 heterocycles. The smallest absolute Gasteiger partial charge is 0.268 e. The Kier molecular flexibility index (Phi) is 5.07. The van der Waals surface area contributed by atoms with Crippen LogP contribution in [-0.2, 0) is 4.79 Å². The number of aromatic nitrogens is 1. The predicted octanol–water partition coefficient (Wildman–Crippen LogP) is 4.24. The summed E-state index contributed by atoms with van der Waals surface area (Å²) in [6.07, 6.45) is 1.55. The van der Waals surface area contributed by atoms with Gasteiger partial charge < -0.3 is 4.74 Å². The van der Waals surface area contributed by atoms with E-state index in [4.69, 9.17) is 4.74 Å². The molecule has 0 aliphatic carbocycles. The Morgan fingerprint density at radius 2 is 2.12 bits per heavy atom. The summed E-state index contributed by atoms with van der Waals surface area (Å²) in [5.41, 5.74) is 1.59. The van der Waals surface area contributed by atoms with Gasteiger partial charge in [0.1, 0.15) is 17.4 Å². The predicted molar refractivity (Wildman–Crippen MR) is 99.5 cm³/mol. The molecule has 0 aliphatic heterocycles. The van der Waals surface area contributed by atoms with E-state index in [2.05, 4.69) is 10.3 Å². The Balaban J connectivity index is 1.81. The first-order chi connectivity index (χ1) is 12.2. The number of nitriles is 1. The van der Waals surface area contributed by atoms with Gasteiger partial charge in [-0.05, 0) is 36.8 Å². The Morgan fingerprint density at radius 3 is 2.84 bits per heavy atom. The van der Waals surface area contributed by atoms with E-state index in [9.17, 15) is 10.1 Å². The van der Waals surface area contributed by atoms with Gasteiger partial charge in [0.05, 0.1) is 16.8 Å². The maximum absolute atomic E-state index is 12.3. The zero-order chi connectivity index (χ0) is 17.6. The molecule has 0 radical (unpaired) electrons. The quantitative estimate of drug-likeness (QED) is 0.552. The Morgan fingerprint density at radius 1 is 1.32 bits per heavy atom. The molecule has 0 aliphatic rings. The monoisotopic (exact) mass is 349 g/mol. The molecule has 3 rings (SSSR count). The first-order valence-corrected chi connectivity index (χ1v) is 8.53. The highest BCUT2D eigenvalue weighted by Gasteiger charge is 2.13. The van der Waals surface area contributed by atoms with Gasteiger partial charge in [0.2, 0.25) is 0 Å². The van der Waals surface area contributed by atoms with Crippen molar-refractivity contribution in [1.82, 2.24) is 4.98 Å². The molecule has 0 atom stereocenters. The third kappa shape index (κ3) is 4.03. The molecule has 0 unspecified atom stereocenters. The number of nitrogens with zero attached hydrogens (tertiary/aromatic N) is 2. The Bertz CT molecular complexity index is 971. The average Bonchev–Trinajstić information content (AvgIpc) is 3.02.